The van der Waals surface area contributed by atoms with Crippen LogP contribution in [0.2, 0.25) is 0 Å². The fraction of sp³-hybridized carbons (Fsp3) is 0.462. The number of nitrogens with one attached hydrogen (secondary N) is 1. The van der Waals surface area contributed by atoms with Gasteiger partial charge in [0.25, 0.3) is 5.91 Å². The van der Waals surface area contributed by atoms with Gasteiger partial charge in [0.2, 0.25) is 0 Å². The molecule has 17 heavy (non-hydrogen) atoms. The standard InChI is InChI=1S/C13H17FN2O/c1-13(2)6-8(13)7-16-12(17)9-4-3-5-10(14)11(9)15/h3-5,8H,6-7,15H2,1-2H3,(H,16,17). The molecule has 0 spiro atoms. The van der Waals surface area contributed by atoms with Gasteiger partial charge in [-0.25, -0.2) is 4.39 Å². The fourth-order valence-corrected chi connectivity index (χ4v) is 1.97. The third-order valence-corrected chi connectivity index (χ3v) is 3.52. The second-order valence-electron chi connectivity index (χ2n) is 5.30. The zero-order chi connectivity index (χ0) is 12.6. The normalized spacial score (nSPS) is 21.0. The van der Waals surface area contributed by atoms with Gasteiger partial charge >= 0.3 is 0 Å². The predicted octanol–water partition coefficient (Wildman–Crippen LogP) is 2.18. The van der Waals surface area contributed by atoms with Gasteiger partial charge in [-0.05, 0) is 29.9 Å². The van der Waals surface area contributed by atoms with Crippen molar-refractivity contribution in [2.75, 3.05) is 12.3 Å². The molecule has 1 amide bonds. The zero-order valence-corrected chi connectivity index (χ0v) is 10.1. The third kappa shape index (κ3) is 2.40. The summed E-state index contributed by atoms with van der Waals surface area (Å²) in [5.41, 5.74) is 5.97. The van der Waals surface area contributed by atoms with E-state index in [0.29, 0.717) is 17.9 Å². The number of benzene rings is 1. The van der Waals surface area contributed by atoms with Gasteiger partial charge in [0.05, 0.1) is 11.3 Å². The monoisotopic (exact) mass is 236 g/mol. The number of nitrogens with two attached hydrogens (primary N) is 1. The quantitative estimate of drug-likeness (QED) is 0.790. The molecule has 2 rings (SSSR count). The Morgan fingerprint density at radius 1 is 1.59 bits per heavy atom. The van der Waals surface area contributed by atoms with Crippen molar-refractivity contribution < 1.29 is 9.18 Å². The summed E-state index contributed by atoms with van der Waals surface area (Å²) in [6.07, 6.45) is 1.12. The van der Waals surface area contributed by atoms with Crippen molar-refractivity contribution in [1.82, 2.24) is 5.32 Å². The molecule has 1 unspecified atom stereocenters. The summed E-state index contributed by atoms with van der Waals surface area (Å²) in [4.78, 5) is 11.8. The number of carbonyl (C=O) groups excluding carboxylic acids is 1. The molecule has 3 N–H and O–H groups in total. The maximum atomic E-state index is 13.2. The van der Waals surface area contributed by atoms with E-state index >= 15 is 0 Å². The van der Waals surface area contributed by atoms with Crippen LogP contribution in [0, 0.1) is 17.2 Å². The van der Waals surface area contributed by atoms with E-state index in [0.717, 1.165) is 6.42 Å². The Hall–Kier alpha value is -1.58. The summed E-state index contributed by atoms with van der Waals surface area (Å²) in [5.74, 6) is -0.338. The largest absolute Gasteiger partial charge is 0.396 e. The van der Waals surface area contributed by atoms with Crippen LogP contribution in [-0.2, 0) is 0 Å². The van der Waals surface area contributed by atoms with E-state index in [9.17, 15) is 9.18 Å². The highest BCUT2D eigenvalue weighted by Crippen LogP contribution is 2.50. The second-order valence-corrected chi connectivity index (χ2v) is 5.30. The minimum atomic E-state index is -0.551. The SMILES string of the molecule is CC1(C)CC1CNC(=O)c1cccc(F)c1N. The lowest BCUT2D eigenvalue weighted by Crippen LogP contribution is -2.27. The Labute approximate surface area is 100 Å². The van der Waals surface area contributed by atoms with Crippen LogP contribution in [0.25, 0.3) is 0 Å². The average Bonchev–Trinajstić information content (AvgIpc) is 2.87. The van der Waals surface area contributed by atoms with Crippen LogP contribution >= 0.6 is 0 Å². The lowest BCUT2D eigenvalue weighted by molar-refractivity contribution is 0.0951. The van der Waals surface area contributed by atoms with E-state index in [-0.39, 0.29) is 17.2 Å². The van der Waals surface area contributed by atoms with Gasteiger partial charge in [0, 0.05) is 6.54 Å². The van der Waals surface area contributed by atoms with Crippen LogP contribution in [0.15, 0.2) is 18.2 Å². The first-order valence-corrected chi connectivity index (χ1v) is 5.74. The minimum absolute atomic E-state index is 0.0833. The maximum Gasteiger partial charge on any atom is 0.253 e. The lowest BCUT2D eigenvalue weighted by Gasteiger charge is -2.08. The van der Waals surface area contributed by atoms with E-state index in [1.165, 1.54) is 18.2 Å². The summed E-state index contributed by atoms with van der Waals surface area (Å²) >= 11 is 0. The van der Waals surface area contributed by atoms with E-state index < -0.39 is 5.82 Å². The predicted molar refractivity (Wildman–Crippen MR) is 65.0 cm³/mol. The van der Waals surface area contributed by atoms with Crippen LogP contribution in [0.5, 0.6) is 0 Å². The van der Waals surface area contributed by atoms with E-state index in [1.54, 1.807) is 0 Å². The Balaban J connectivity index is 1.98. The lowest BCUT2D eigenvalue weighted by atomic mass is 10.1. The van der Waals surface area contributed by atoms with Gasteiger partial charge in [-0.3, -0.25) is 4.79 Å². The second kappa shape index (κ2) is 4.02. The first kappa shape index (κ1) is 11.9. The number of hydrogen-bond acceptors (Lipinski definition) is 2. The smallest absolute Gasteiger partial charge is 0.253 e. The molecule has 0 bridgehead atoms. The van der Waals surface area contributed by atoms with E-state index in [2.05, 4.69) is 19.2 Å². The highest BCUT2D eigenvalue weighted by molar-refractivity contribution is 5.99. The molecule has 1 atom stereocenters. The molecule has 1 aromatic rings. The number of halogens is 1. The highest BCUT2D eigenvalue weighted by Gasteiger charge is 2.45. The van der Waals surface area contributed by atoms with Gasteiger partial charge in [0.1, 0.15) is 5.82 Å². The van der Waals surface area contributed by atoms with Crippen molar-refractivity contribution in [3.8, 4) is 0 Å². The molecule has 4 heteroatoms. The van der Waals surface area contributed by atoms with Crippen LogP contribution in [0.4, 0.5) is 10.1 Å². The number of carbonyl (C=O) groups is 1. The van der Waals surface area contributed by atoms with E-state index in [1.807, 2.05) is 0 Å². The molecular formula is C13H17FN2O. The first-order chi connectivity index (χ1) is 7.92. The Morgan fingerprint density at radius 2 is 2.24 bits per heavy atom. The molecule has 0 saturated heterocycles. The molecule has 1 saturated carbocycles. The Bertz CT molecular complexity index is 457. The van der Waals surface area contributed by atoms with Crippen LogP contribution in [0.1, 0.15) is 30.6 Å². The molecular weight excluding hydrogens is 219 g/mol. The minimum Gasteiger partial charge on any atom is -0.396 e. The van der Waals surface area contributed by atoms with Crippen molar-refractivity contribution in [3.63, 3.8) is 0 Å². The topological polar surface area (TPSA) is 55.1 Å². The fourth-order valence-electron chi connectivity index (χ4n) is 1.97. The van der Waals surface area contributed by atoms with Crippen molar-refractivity contribution in [2.24, 2.45) is 11.3 Å². The molecule has 1 aliphatic carbocycles. The third-order valence-electron chi connectivity index (χ3n) is 3.52. The summed E-state index contributed by atoms with van der Waals surface area (Å²) in [5, 5.41) is 2.80. The molecule has 0 radical (unpaired) electrons. The molecule has 3 nitrogen and oxygen atoms in total. The molecule has 0 aromatic heterocycles. The zero-order valence-electron chi connectivity index (χ0n) is 10.1. The summed E-state index contributed by atoms with van der Waals surface area (Å²) < 4.78 is 13.2. The van der Waals surface area contributed by atoms with Gasteiger partial charge in [-0.1, -0.05) is 19.9 Å². The van der Waals surface area contributed by atoms with Gasteiger partial charge in [0.15, 0.2) is 0 Å². The van der Waals surface area contributed by atoms with Crippen LogP contribution in [-0.4, -0.2) is 12.5 Å². The molecule has 92 valence electrons. The Morgan fingerprint density at radius 3 is 2.82 bits per heavy atom. The maximum absolute atomic E-state index is 13.2. The van der Waals surface area contributed by atoms with Crippen molar-refractivity contribution in [2.45, 2.75) is 20.3 Å². The van der Waals surface area contributed by atoms with Gasteiger partial charge < -0.3 is 11.1 Å². The average molecular weight is 236 g/mol. The van der Waals surface area contributed by atoms with Crippen LogP contribution in [0.3, 0.4) is 0 Å². The van der Waals surface area contributed by atoms with Crippen molar-refractivity contribution >= 4 is 11.6 Å². The van der Waals surface area contributed by atoms with Gasteiger partial charge in [-0.15, -0.1) is 0 Å². The van der Waals surface area contributed by atoms with E-state index in [4.69, 9.17) is 5.73 Å². The number of rotatable bonds is 3. The summed E-state index contributed by atoms with van der Waals surface area (Å²) in [6, 6.07) is 4.27. The highest BCUT2D eigenvalue weighted by atomic mass is 19.1. The Kier molecular flexibility index (Phi) is 2.81. The number of hydrogen-bond donors (Lipinski definition) is 2. The van der Waals surface area contributed by atoms with Crippen molar-refractivity contribution in [1.29, 1.82) is 0 Å². The van der Waals surface area contributed by atoms with Gasteiger partial charge in [-0.2, -0.15) is 0 Å². The van der Waals surface area contributed by atoms with Crippen LogP contribution < -0.4 is 11.1 Å². The molecule has 1 aromatic carbocycles. The molecule has 0 heterocycles. The number of para-hydroxylation sites is 1. The number of anilines is 1. The van der Waals surface area contributed by atoms with Crippen molar-refractivity contribution in [3.05, 3.63) is 29.6 Å². The summed E-state index contributed by atoms with van der Waals surface area (Å²) in [7, 11) is 0. The molecule has 1 aliphatic rings. The summed E-state index contributed by atoms with van der Waals surface area (Å²) in [6.45, 7) is 4.96. The number of amides is 1. The number of nitrogen functional groups attached to an aromatic ring is 1. The molecule has 0 aliphatic heterocycles. The molecule has 1 fully saturated rings. The first-order valence-electron chi connectivity index (χ1n) is 5.74.